The summed E-state index contributed by atoms with van der Waals surface area (Å²) in [5.74, 6) is -1.23. The average Bonchev–Trinajstić information content (AvgIpc) is 3.08. The molecule has 1 aliphatic carbocycles. The van der Waals surface area contributed by atoms with Gasteiger partial charge in [-0.05, 0) is 49.1 Å². The second-order valence-electron chi connectivity index (χ2n) is 9.25. The van der Waals surface area contributed by atoms with Crippen LogP contribution in [-0.2, 0) is 9.59 Å². The van der Waals surface area contributed by atoms with Gasteiger partial charge >= 0.3 is 0 Å². The maximum absolute atomic E-state index is 14.9. The molecule has 1 aliphatic heterocycles. The highest BCUT2D eigenvalue weighted by atomic mass is 19.1. The van der Waals surface area contributed by atoms with Crippen molar-refractivity contribution in [3.63, 3.8) is 0 Å². The van der Waals surface area contributed by atoms with Crippen molar-refractivity contribution in [2.75, 3.05) is 6.61 Å². The molecule has 0 spiro atoms. The lowest BCUT2D eigenvalue weighted by atomic mass is 9.90. The maximum atomic E-state index is 14.9. The van der Waals surface area contributed by atoms with Crippen molar-refractivity contribution >= 4 is 17.4 Å². The van der Waals surface area contributed by atoms with Crippen LogP contribution in [0.2, 0.25) is 0 Å². The Morgan fingerprint density at radius 3 is 2.36 bits per heavy atom. The van der Waals surface area contributed by atoms with Crippen molar-refractivity contribution in [1.29, 1.82) is 0 Å². The van der Waals surface area contributed by atoms with Gasteiger partial charge in [0.15, 0.2) is 0 Å². The van der Waals surface area contributed by atoms with Crippen LogP contribution in [0, 0.1) is 11.7 Å². The van der Waals surface area contributed by atoms with Crippen molar-refractivity contribution < 1.29 is 23.8 Å². The minimum atomic E-state index is -0.953. The lowest BCUT2D eigenvalue weighted by Crippen LogP contribution is -2.40. The molecule has 1 amide bonds. The number of benzene rings is 2. The van der Waals surface area contributed by atoms with Crippen molar-refractivity contribution in [1.82, 2.24) is 4.90 Å². The van der Waals surface area contributed by atoms with Crippen molar-refractivity contribution in [3.05, 3.63) is 71.0 Å². The summed E-state index contributed by atoms with van der Waals surface area (Å²) in [4.78, 5) is 27.8. The molecule has 1 atom stereocenters. The Morgan fingerprint density at radius 2 is 1.73 bits per heavy atom. The van der Waals surface area contributed by atoms with Crippen LogP contribution in [0.5, 0.6) is 5.75 Å². The van der Waals surface area contributed by atoms with Crippen LogP contribution in [0.4, 0.5) is 4.39 Å². The number of ether oxygens (including phenoxy) is 1. The summed E-state index contributed by atoms with van der Waals surface area (Å²) in [6.07, 6.45) is 4.51. The molecule has 2 aliphatic rings. The number of rotatable bonds is 6. The van der Waals surface area contributed by atoms with Gasteiger partial charge in [0.25, 0.3) is 11.7 Å². The first-order chi connectivity index (χ1) is 15.9. The number of hydrogen-bond donors (Lipinski definition) is 1. The van der Waals surface area contributed by atoms with E-state index in [0.717, 1.165) is 32.1 Å². The van der Waals surface area contributed by atoms with E-state index in [4.69, 9.17) is 4.74 Å². The third-order valence-electron chi connectivity index (χ3n) is 6.36. The summed E-state index contributed by atoms with van der Waals surface area (Å²) >= 11 is 0. The van der Waals surface area contributed by atoms with E-state index in [1.807, 2.05) is 13.8 Å². The molecule has 5 nitrogen and oxygen atoms in total. The maximum Gasteiger partial charge on any atom is 0.295 e. The van der Waals surface area contributed by atoms with Gasteiger partial charge < -0.3 is 14.7 Å². The van der Waals surface area contributed by atoms with E-state index in [1.165, 1.54) is 11.0 Å². The first kappa shape index (κ1) is 23.0. The van der Waals surface area contributed by atoms with Crippen LogP contribution >= 0.6 is 0 Å². The molecular weight excluding hydrogens is 421 g/mol. The van der Waals surface area contributed by atoms with Gasteiger partial charge in [-0.1, -0.05) is 51.3 Å². The smallest absolute Gasteiger partial charge is 0.295 e. The molecule has 33 heavy (non-hydrogen) atoms. The summed E-state index contributed by atoms with van der Waals surface area (Å²) in [7, 11) is 0. The molecule has 1 saturated carbocycles. The molecule has 174 valence electrons. The third-order valence-corrected chi connectivity index (χ3v) is 6.36. The lowest BCUT2D eigenvalue weighted by Gasteiger charge is -2.35. The average molecular weight is 452 g/mol. The van der Waals surface area contributed by atoms with E-state index in [2.05, 4.69) is 0 Å². The number of amides is 1. The fraction of sp³-hybridized carbons (Fsp3) is 0.407. The number of likely N-dealkylation sites (tertiary alicyclic amines) is 1. The molecule has 0 aromatic heterocycles. The number of aliphatic hydroxyl groups excluding tert-OH is 1. The summed E-state index contributed by atoms with van der Waals surface area (Å²) < 4.78 is 20.6. The zero-order chi connectivity index (χ0) is 23.5. The third kappa shape index (κ3) is 4.65. The van der Waals surface area contributed by atoms with E-state index in [1.54, 1.807) is 42.5 Å². The Hall–Kier alpha value is -3.15. The SMILES string of the molecule is CC(C)COc1ccc(/C(O)=C2/C(=O)C(=O)N(C3CCCCC3)C2c2ccccc2F)cc1. The number of carbonyl (C=O) groups is 2. The Bertz CT molecular complexity index is 1050. The Morgan fingerprint density at radius 1 is 1.06 bits per heavy atom. The van der Waals surface area contributed by atoms with Crippen LogP contribution < -0.4 is 4.74 Å². The number of hydrogen-bond acceptors (Lipinski definition) is 4. The summed E-state index contributed by atoms with van der Waals surface area (Å²) in [6, 6.07) is 11.8. The van der Waals surface area contributed by atoms with E-state index in [9.17, 15) is 19.1 Å². The van der Waals surface area contributed by atoms with E-state index in [0.29, 0.717) is 23.8 Å². The van der Waals surface area contributed by atoms with Crippen LogP contribution in [0.3, 0.4) is 0 Å². The van der Waals surface area contributed by atoms with Gasteiger partial charge in [0, 0.05) is 17.2 Å². The Kier molecular flexibility index (Phi) is 6.82. The zero-order valence-electron chi connectivity index (χ0n) is 19.1. The first-order valence-corrected chi connectivity index (χ1v) is 11.7. The molecule has 4 rings (SSSR count). The van der Waals surface area contributed by atoms with Crippen LogP contribution in [0.25, 0.3) is 5.76 Å². The predicted octanol–water partition coefficient (Wildman–Crippen LogP) is 5.61. The molecule has 1 N–H and O–H groups in total. The Balaban J connectivity index is 1.77. The van der Waals surface area contributed by atoms with Crippen molar-refractivity contribution in [3.8, 4) is 5.75 Å². The number of Topliss-reactive ketones (excluding diaryl/α,β-unsaturated/α-hetero) is 1. The molecule has 2 aromatic rings. The van der Waals surface area contributed by atoms with E-state index >= 15 is 0 Å². The molecular formula is C27H30FNO4. The van der Waals surface area contributed by atoms with Crippen molar-refractivity contribution in [2.24, 2.45) is 5.92 Å². The van der Waals surface area contributed by atoms with E-state index in [-0.39, 0.29) is 22.9 Å². The standard InChI is InChI=1S/C27H30FNO4/c1-17(2)16-33-20-14-12-18(13-15-20)25(30)23-24(21-10-6-7-11-22(21)28)29(27(32)26(23)31)19-8-4-3-5-9-19/h6-7,10-15,17,19,24,30H,3-5,8-9,16H2,1-2H3/b25-23-. The number of nitrogens with zero attached hydrogens (tertiary/aromatic N) is 1. The highest BCUT2D eigenvalue weighted by Gasteiger charge is 2.49. The zero-order valence-corrected chi connectivity index (χ0v) is 19.1. The molecule has 2 aromatic carbocycles. The first-order valence-electron chi connectivity index (χ1n) is 11.7. The number of ketones is 1. The van der Waals surface area contributed by atoms with Gasteiger partial charge in [0.05, 0.1) is 18.2 Å². The highest BCUT2D eigenvalue weighted by Crippen LogP contribution is 2.43. The lowest BCUT2D eigenvalue weighted by molar-refractivity contribution is -0.141. The van der Waals surface area contributed by atoms with Gasteiger partial charge in [0.1, 0.15) is 17.3 Å². The number of carbonyl (C=O) groups excluding carboxylic acids is 2. The topological polar surface area (TPSA) is 66.8 Å². The second kappa shape index (κ2) is 9.77. The fourth-order valence-corrected chi connectivity index (χ4v) is 4.72. The van der Waals surface area contributed by atoms with Gasteiger partial charge in [-0.2, -0.15) is 0 Å². The minimum absolute atomic E-state index is 0.0634. The molecule has 0 radical (unpaired) electrons. The molecule has 2 fully saturated rings. The number of halogens is 1. The van der Waals surface area contributed by atoms with Crippen LogP contribution in [0.15, 0.2) is 54.1 Å². The van der Waals surface area contributed by atoms with Crippen LogP contribution in [0.1, 0.15) is 63.1 Å². The van der Waals surface area contributed by atoms with Gasteiger partial charge in [-0.15, -0.1) is 0 Å². The van der Waals surface area contributed by atoms with Gasteiger partial charge in [-0.3, -0.25) is 9.59 Å². The number of aliphatic hydroxyl groups is 1. The second-order valence-corrected chi connectivity index (χ2v) is 9.25. The predicted molar refractivity (Wildman–Crippen MR) is 124 cm³/mol. The quantitative estimate of drug-likeness (QED) is 0.352. The monoisotopic (exact) mass is 451 g/mol. The fourth-order valence-electron chi connectivity index (χ4n) is 4.72. The van der Waals surface area contributed by atoms with Crippen LogP contribution in [-0.4, -0.2) is 34.3 Å². The largest absolute Gasteiger partial charge is 0.507 e. The molecule has 1 unspecified atom stereocenters. The molecule has 1 heterocycles. The van der Waals surface area contributed by atoms with Gasteiger partial charge in [0.2, 0.25) is 0 Å². The molecule has 1 saturated heterocycles. The highest BCUT2D eigenvalue weighted by molar-refractivity contribution is 6.46. The summed E-state index contributed by atoms with van der Waals surface area (Å²) in [5, 5.41) is 11.2. The summed E-state index contributed by atoms with van der Waals surface area (Å²) in [6.45, 7) is 4.66. The molecule has 0 bridgehead atoms. The Labute approximate surface area is 193 Å². The van der Waals surface area contributed by atoms with Crippen molar-refractivity contribution in [2.45, 2.75) is 58.0 Å². The molecule has 6 heteroatoms. The normalized spacial score (nSPS) is 21.1. The van der Waals surface area contributed by atoms with E-state index < -0.39 is 23.5 Å². The summed E-state index contributed by atoms with van der Waals surface area (Å²) in [5.41, 5.74) is 0.544. The van der Waals surface area contributed by atoms with Gasteiger partial charge in [-0.25, -0.2) is 4.39 Å². The minimum Gasteiger partial charge on any atom is -0.507 e.